The maximum atomic E-state index is 14.7. The van der Waals surface area contributed by atoms with E-state index in [1.807, 2.05) is 0 Å². The Hall–Kier alpha value is -0.940. The van der Waals surface area contributed by atoms with Gasteiger partial charge in [0.15, 0.2) is 0 Å². The molecule has 0 radical (unpaired) electrons. The normalized spacial score (nSPS) is 12.9. The summed E-state index contributed by atoms with van der Waals surface area (Å²) < 4.78 is 0.335. The molecule has 0 aromatic heterocycles. The lowest BCUT2D eigenvalue weighted by molar-refractivity contribution is -0.119. The maximum absolute atomic E-state index is 14.7. The van der Waals surface area contributed by atoms with Gasteiger partial charge >= 0.3 is 0 Å². The molecule has 9 amide bonds. The summed E-state index contributed by atoms with van der Waals surface area (Å²) in [7, 11) is 3.91. The molecule has 0 aliphatic heterocycles. The van der Waals surface area contributed by atoms with Gasteiger partial charge in [0.2, 0.25) is 17.7 Å². The van der Waals surface area contributed by atoms with E-state index in [0.717, 1.165) is 14.7 Å². The minimum Gasteiger partial charge on any atom is -0.394 e. The minimum absolute atomic E-state index is 0.0148. The first-order chi connectivity index (χ1) is 38.7. The molecule has 0 saturated carbocycles. The Labute approximate surface area is 595 Å². The Morgan fingerprint density at radius 3 is 0.783 bits per heavy atom. The van der Waals surface area contributed by atoms with Crippen molar-refractivity contribution < 1.29 is 94.2 Å². The molecule has 458 valence electrons. The average Bonchev–Trinajstić information content (AvgIpc) is 3.65. The lowest BCUT2D eigenvalue weighted by atomic mass is 10.0. The topological polar surface area (TPSA) is 438 Å². The lowest BCUT2D eigenvalue weighted by Crippen LogP contribution is -2.57. The fraction of sp³-hybridized carbons (Fsp3) is 0.413. The second-order valence-corrected chi connectivity index (χ2v) is 27.4. The van der Waals surface area contributed by atoms with Gasteiger partial charge in [0.25, 0.3) is 35.4 Å². The first-order valence-corrected chi connectivity index (χ1v) is 33.0. The van der Waals surface area contributed by atoms with Gasteiger partial charge in [0, 0.05) is 51.5 Å². The van der Waals surface area contributed by atoms with Gasteiger partial charge in [-0.15, -0.1) is 0 Å². The highest BCUT2D eigenvalue weighted by Gasteiger charge is 2.37. The van der Waals surface area contributed by atoms with Crippen LogP contribution >= 0.6 is 203 Å². The van der Waals surface area contributed by atoms with E-state index < -0.39 is 136 Å². The SMILES string of the molecule is CN(CC(O)CO)C(=O)c1c(I)c(NC(=O)CO)c(I)c(C(=O)NCC(O)(CNC(=O)c2c(I)c(NC(=O)CO)c(I)c(C(=O)N(C)CC(O)CO)c2I)CNC(=O)c2c(I)c(NC(=O)CO)c(I)c(C(=O)N(C)CC(O)CO)c2I)c1I. The van der Waals surface area contributed by atoms with Crippen LogP contribution in [0.15, 0.2) is 0 Å². The molecule has 3 aromatic carbocycles. The van der Waals surface area contributed by atoms with Crippen molar-refractivity contribution in [1.82, 2.24) is 30.7 Å². The van der Waals surface area contributed by atoms with Gasteiger partial charge in [0.1, 0.15) is 25.4 Å². The van der Waals surface area contributed by atoms with Crippen LogP contribution < -0.4 is 31.9 Å². The van der Waals surface area contributed by atoms with Crippen LogP contribution in [0.3, 0.4) is 0 Å². The summed E-state index contributed by atoms with van der Waals surface area (Å²) in [4.78, 5) is 127. The second-order valence-electron chi connectivity index (χ2n) is 17.7. The van der Waals surface area contributed by atoms with Crippen LogP contribution in [0.5, 0.6) is 0 Å². The Bertz CT molecular complexity index is 2730. The summed E-state index contributed by atoms with van der Waals surface area (Å²) in [5.41, 5.74) is -4.07. The van der Waals surface area contributed by atoms with Crippen LogP contribution in [-0.2, 0) is 14.4 Å². The first kappa shape index (κ1) is 76.3. The van der Waals surface area contributed by atoms with E-state index in [1.165, 1.54) is 21.1 Å². The van der Waals surface area contributed by atoms with Crippen molar-refractivity contribution in [3.8, 4) is 0 Å². The zero-order valence-corrected chi connectivity index (χ0v) is 62.5. The molecule has 3 aromatic rings. The van der Waals surface area contributed by atoms with Crippen molar-refractivity contribution >= 4 is 274 Å². The maximum Gasteiger partial charge on any atom is 0.255 e. The number of rotatable bonds is 27. The van der Waals surface area contributed by atoms with Crippen LogP contribution in [0.2, 0.25) is 0 Å². The Morgan fingerprint density at radius 2 is 0.590 bits per heavy atom. The van der Waals surface area contributed by atoms with E-state index in [1.54, 1.807) is 203 Å². The van der Waals surface area contributed by atoms with E-state index in [0.29, 0.717) is 0 Å². The zero-order valence-electron chi connectivity index (χ0n) is 43.1. The van der Waals surface area contributed by atoms with Crippen molar-refractivity contribution in [2.24, 2.45) is 0 Å². The van der Waals surface area contributed by atoms with Gasteiger partial charge < -0.3 is 97.7 Å². The van der Waals surface area contributed by atoms with Gasteiger partial charge in [-0.05, 0) is 203 Å². The number of nitrogens with one attached hydrogen (secondary N) is 6. The number of aliphatic hydroxyl groups is 10. The smallest absolute Gasteiger partial charge is 0.255 e. The molecule has 0 bridgehead atoms. The molecule has 3 atom stereocenters. The highest BCUT2D eigenvalue weighted by molar-refractivity contribution is 14.1. The van der Waals surface area contributed by atoms with Gasteiger partial charge in [-0.25, -0.2) is 0 Å². The Kier molecular flexibility index (Phi) is 32.1. The molecule has 0 fully saturated rings. The fourth-order valence-corrected chi connectivity index (χ4v) is 20.3. The predicted octanol–water partition coefficient (Wildman–Crippen LogP) is -0.483. The number of amides is 9. The Morgan fingerprint density at radius 1 is 0.386 bits per heavy atom. The summed E-state index contributed by atoms with van der Waals surface area (Å²) in [5.74, 6) is -8.23. The molecule has 0 heterocycles. The molecule has 0 spiro atoms. The number of aliphatic hydroxyl groups excluding tert-OH is 9. The number of nitrogens with zero attached hydrogens (tertiary/aromatic N) is 3. The molecule has 3 rings (SSSR count). The van der Waals surface area contributed by atoms with Gasteiger partial charge in [-0.3, -0.25) is 43.2 Å². The second kappa shape index (κ2) is 34.9. The average molecular weight is 2180 g/mol. The number of anilines is 3. The predicted molar refractivity (Wildman–Crippen MR) is 373 cm³/mol. The molecule has 0 aliphatic rings. The highest BCUT2D eigenvalue weighted by atomic mass is 127. The van der Waals surface area contributed by atoms with Crippen molar-refractivity contribution in [2.45, 2.75) is 23.9 Å². The fourth-order valence-electron chi connectivity index (χ4n) is 7.15. The molecule has 83 heavy (non-hydrogen) atoms. The van der Waals surface area contributed by atoms with Gasteiger partial charge in [-0.2, -0.15) is 0 Å². The third kappa shape index (κ3) is 19.5. The number of carbonyl (C=O) groups excluding carboxylic acids is 9. The number of carbonyl (C=O) groups is 9. The van der Waals surface area contributed by atoms with Crippen LogP contribution in [0.25, 0.3) is 0 Å². The minimum atomic E-state index is -2.49. The van der Waals surface area contributed by atoms with Crippen molar-refractivity contribution in [3.05, 3.63) is 65.5 Å². The third-order valence-corrected chi connectivity index (χ3v) is 21.1. The van der Waals surface area contributed by atoms with Crippen LogP contribution in [0.4, 0.5) is 17.1 Å². The molecular weight excluding hydrogens is 2120 g/mol. The number of hydrogen-bond donors (Lipinski definition) is 16. The largest absolute Gasteiger partial charge is 0.394 e. The summed E-state index contributed by atoms with van der Waals surface area (Å²) in [6.07, 6.45) is -4.11. The summed E-state index contributed by atoms with van der Waals surface area (Å²) in [6, 6.07) is 0. The van der Waals surface area contributed by atoms with Gasteiger partial charge in [0.05, 0.1) is 130 Å². The van der Waals surface area contributed by atoms with E-state index in [4.69, 9.17) is 0 Å². The lowest BCUT2D eigenvalue weighted by Gasteiger charge is -2.30. The number of hydrogen-bond acceptors (Lipinski definition) is 19. The quantitative estimate of drug-likeness (QED) is 0.0429. The van der Waals surface area contributed by atoms with E-state index in [9.17, 15) is 94.2 Å². The molecule has 37 heteroatoms. The molecule has 3 unspecified atom stereocenters. The molecule has 28 nitrogen and oxygen atoms in total. The monoisotopic (exact) mass is 2180 g/mol. The first-order valence-electron chi connectivity index (χ1n) is 23.3. The number of halogens is 9. The van der Waals surface area contributed by atoms with Crippen LogP contribution in [0, 0.1) is 32.1 Å². The molecule has 0 saturated heterocycles. The zero-order chi connectivity index (χ0) is 63.3. The van der Waals surface area contributed by atoms with Crippen molar-refractivity contribution in [3.63, 3.8) is 0 Å². The van der Waals surface area contributed by atoms with Crippen molar-refractivity contribution in [2.75, 3.05) is 116 Å². The van der Waals surface area contributed by atoms with Crippen LogP contribution in [-0.4, -0.2) is 243 Å². The molecule has 16 N–H and O–H groups in total. The molecular formula is C46H52I9N9O19. The summed E-state index contributed by atoms with van der Waals surface area (Å²) in [6.45, 7) is -8.92. The summed E-state index contributed by atoms with van der Waals surface area (Å²) in [5, 5.41) is 116. The van der Waals surface area contributed by atoms with Gasteiger partial charge in [-0.1, -0.05) is 0 Å². The Balaban J connectivity index is 2.35. The highest BCUT2D eigenvalue weighted by Crippen LogP contribution is 2.39. The van der Waals surface area contributed by atoms with Crippen molar-refractivity contribution in [1.29, 1.82) is 0 Å². The standard InChI is InChI=1S/C46H52I9N9O19/c1-62(4-16(71)7-65)43(80)25-28(47)22(31(50)37(34(25)53)59-19(74)10-68)40(77)56-13-46(83,14-57-41(78)23-29(48)26(44(81)63(2)5-17(72)8-66)35(54)38(32(23)51)60-20(75)11-69)15-58-42(79)24-30(49)27(45(82)64(3)6-18(73)9-67)36(55)39(33(24)52)61-21(76)12-70/h16-18,65-73,83H,4-15H2,1-3H3,(H,56,77)(H,57,78)(H,58,79)(H,59,74)(H,60,75)(H,61,76). The molecule has 0 aliphatic carbocycles. The van der Waals surface area contributed by atoms with E-state index >= 15 is 0 Å². The number of likely N-dealkylation sites (N-methyl/N-ethyl adjacent to an activating group) is 3. The number of benzene rings is 3. The van der Waals surface area contributed by atoms with E-state index in [2.05, 4.69) is 31.9 Å². The third-order valence-electron chi connectivity index (χ3n) is 11.4. The van der Waals surface area contributed by atoms with E-state index in [-0.39, 0.29) is 102 Å². The summed E-state index contributed by atoms with van der Waals surface area (Å²) >= 11 is 15.5. The van der Waals surface area contributed by atoms with Crippen LogP contribution in [0.1, 0.15) is 62.1 Å².